The number of carboxylic acid groups (broad SMARTS) is 1. The molecule has 0 amide bonds. The maximum absolute atomic E-state index is 10.9. The van der Waals surface area contributed by atoms with Gasteiger partial charge in [-0.3, -0.25) is 15.1 Å². The van der Waals surface area contributed by atoms with E-state index in [0.29, 0.717) is 27.8 Å². The lowest BCUT2D eigenvalue weighted by atomic mass is 10.0. The van der Waals surface area contributed by atoms with Gasteiger partial charge >= 0.3 is 6.16 Å². The molecule has 2 aromatic carbocycles. The Morgan fingerprint density at radius 2 is 1.88 bits per heavy atom. The Balaban J connectivity index is 2.19. The topological polar surface area (TPSA) is 112 Å². The van der Waals surface area contributed by atoms with E-state index in [4.69, 9.17) is 14.6 Å². The number of hydrogen-bond acceptors (Lipinski definition) is 6. The summed E-state index contributed by atoms with van der Waals surface area (Å²) in [7, 11) is 1.50. The maximum atomic E-state index is 10.9. The number of nitro groups is 1. The number of aromatic nitrogens is 1. The summed E-state index contributed by atoms with van der Waals surface area (Å²) in [6.45, 7) is 0. The number of carbonyl (C=O) groups is 1. The molecule has 0 radical (unpaired) electrons. The third kappa shape index (κ3) is 3.18. The molecule has 1 heterocycles. The second kappa shape index (κ2) is 6.44. The summed E-state index contributed by atoms with van der Waals surface area (Å²) in [6, 6.07) is 11.0. The SMILES string of the molecule is COc1ccc2c(-c3ccc([N+](=O)[O-])cc3)ncc(OC(=O)O)c2c1. The van der Waals surface area contributed by atoms with E-state index in [2.05, 4.69) is 4.98 Å². The van der Waals surface area contributed by atoms with Crippen LogP contribution in [0.3, 0.4) is 0 Å². The van der Waals surface area contributed by atoms with E-state index in [0.717, 1.165) is 0 Å². The van der Waals surface area contributed by atoms with Gasteiger partial charge in [-0.1, -0.05) is 0 Å². The Morgan fingerprint density at radius 1 is 1.16 bits per heavy atom. The van der Waals surface area contributed by atoms with Crippen LogP contribution in [0.4, 0.5) is 10.5 Å². The molecule has 25 heavy (non-hydrogen) atoms. The lowest BCUT2D eigenvalue weighted by Crippen LogP contribution is -2.04. The van der Waals surface area contributed by atoms with E-state index in [1.54, 1.807) is 30.3 Å². The van der Waals surface area contributed by atoms with Gasteiger partial charge < -0.3 is 14.6 Å². The minimum atomic E-state index is -1.45. The largest absolute Gasteiger partial charge is 0.511 e. The fourth-order valence-electron chi connectivity index (χ4n) is 2.47. The molecule has 0 saturated heterocycles. The summed E-state index contributed by atoms with van der Waals surface area (Å²) >= 11 is 0. The van der Waals surface area contributed by atoms with Crippen LogP contribution < -0.4 is 9.47 Å². The van der Waals surface area contributed by atoms with Gasteiger partial charge in [-0.15, -0.1) is 0 Å². The Morgan fingerprint density at radius 3 is 2.48 bits per heavy atom. The zero-order chi connectivity index (χ0) is 18.0. The Labute approximate surface area is 141 Å². The number of ether oxygens (including phenoxy) is 2. The molecule has 126 valence electrons. The summed E-state index contributed by atoms with van der Waals surface area (Å²) in [5, 5.41) is 20.8. The quantitative estimate of drug-likeness (QED) is 0.436. The maximum Gasteiger partial charge on any atom is 0.511 e. The number of pyridine rings is 1. The first-order chi connectivity index (χ1) is 12.0. The molecule has 1 aromatic heterocycles. The lowest BCUT2D eigenvalue weighted by Gasteiger charge is -2.11. The van der Waals surface area contributed by atoms with Crippen molar-refractivity contribution in [3.8, 4) is 22.8 Å². The van der Waals surface area contributed by atoms with Crippen LogP contribution in [0.15, 0.2) is 48.7 Å². The van der Waals surface area contributed by atoms with Gasteiger partial charge in [-0.2, -0.15) is 0 Å². The second-order valence-corrected chi connectivity index (χ2v) is 5.05. The monoisotopic (exact) mass is 340 g/mol. The van der Waals surface area contributed by atoms with E-state index in [9.17, 15) is 14.9 Å². The molecule has 0 aliphatic heterocycles. The highest BCUT2D eigenvalue weighted by molar-refractivity contribution is 5.99. The van der Waals surface area contributed by atoms with Crippen LogP contribution in [0, 0.1) is 10.1 Å². The minimum absolute atomic E-state index is 0.0273. The summed E-state index contributed by atoms with van der Waals surface area (Å²) in [5.41, 5.74) is 1.17. The van der Waals surface area contributed by atoms with Gasteiger partial charge in [0.05, 0.1) is 23.9 Å². The highest BCUT2D eigenvalue weighted by atomic mass is 16.7. The first kappa shape index (κ1) is 16.2. The van der Waals surface area contributed by atoms with Crippen LogP contribution in [-0.4, -0.2) is 28.3 Å². The van der Waals surface area contributed by atoms with Gasteiger partial charge in [0, 0.05) is 28.5 Å². The smallest absolute Gasteiger partial charge is 0.497 e. The molecule has 8 heteroatoms. The van der Waals surface area contributed by atoms with Gasteiger partial charge in [-0.05, 0) is 30.3 Å². The summed E-state index contributed by atoms with van der Waals surface area (Å²) in [6.07, 6.45) is -0.152. The zero-order valence-corrected chi connectivity index (χ0v) is 13.0. The molecule has 0 saturated carbocycles. The Kier molecular flexibility index (Phi) is 4.17. The lowest BCUT2D eigenvalue weighted by molar-refractivity contribution is -0.384. The van der Waals surface area contributed by atoms with Crippen molar-refractivity contribution in [1.29, 1.82) is 0 Å². The number of hydrogen-bond donors (Lipinski definition) is 1. The van der Waals surface area contributed by atoms with E-state index >= 15 is 0 Å². The predicted molar refractivity (Wildman–Crippen MR) is 89.0 cm³/mol. The van der Waals surface area contributed by atoms with Crippen molar-refractivity contribution in [2.45, 2.75) is 0 Å². The van der Waals surface area contributed by atoms with Crippen LogP contribution >= 0.6 is 0 Å². The van der Waals surface area contributed by atoms with Crippen molar-refractivity contribution in [3.63, 3.8) is 0 Å². The van der Waals surface area contributed by atoms with Crippen molar-refractivity contribution >= 4 is 22.6 Å². The van der Waals surface area contributed by atoms with Gasteiger partial charge in [0.25, 0.3) is 5.69 Å². The average molecular weight is 340 g/mol. The van der Waals surface area contributed by atoms with Gasteiger partial charge in [0.15, 0.2) is 5.75 Å². The van der Waals surface area contributed by atoms with E-state index in [1.165, 1.54) is 25.4 Å². The van der Waals surface area contributed by atoms with Gasteiger partial charge in [0.1, 0.15) is 5.75 Å². The molecule has 1 N–H and O–H groups in total. The highest BCUT2D eigenvalue weighted by Crippen LogP contribution is 2.35. The molecular weight excluding hydrogens is 328 g/mol. The van der Waals surface area contributed by atoms with Crippen molar-refractivity contribution in [2.24, 2.45) is 0 Å². The number of non-ortho nitro benzene ring substituents is 1. The molecule has 0 fully saturated rings. The van der Waals surface area contributed by atoms with Crippen LogP contribution in [-0.2, 0) is 0 Å². The van der Waals surface area contributed by atoms with Crippen molar-refractivity contribution in [2.75, 3.05) is 7.11 Å². The number of nitrogens with zero attached hydrogens (tertiary/aromatic N) is 2. The molecule has 3 aromatic rings. The molecule has 0 unspecified atom stereocenters. The van der Waals surface area contributed by atoms with Crippen molar-refractivity contribution in [1.82, 2.24) is 4.98 Å². The van der Waals surface area contributed by atoms with Gasteiger partial charge in [-0.25, -0.2) is 4.79 Å². The number of fused-ring (bicyclic) bond motifs is 1. The van der Waals surface area contributed by atoms with Crippen molar-refractivity contribution < 1.29 is 24.3 Å². The average Bonchev–Trinajstić information content (AvgIpc) is 2.61. The molecule has 0 aliphatic carbocycles. The van der Waals surface area contributed by atoms with Crippen LogP contribution in [0.25, 0.3) is 22.0 Å². The van der Waals surface area contributed by atoms with Crippen LogP contribution in [0.2, 0.25) is 0 Å². The first-order valence-electron chi connectivity index (χ1n) is 7.12. The number of nitro benzene ring substituents is 1. The first-order valence-corrected chi connectivity index (χ1v) is 7.12. The van der Waals surface area contributed by atoms with Crippen molar-refractivity contribution in [3.05, 3.63) is 58.8 Å². The van der Waals surface area contributed by atoms with E-state index in [-0.39, 0.29) is 11.4 Å². The number of benzene rings is 2. The third-order valence-electron chi connectivity index (χ3n) is 3.61. The van der Waals surface area contributed by atoms with E-state index < -0.39 is 11.1 Å². The molecule has 0 atom stereocenters. The number of rotatable bonds is 4. The second-order valence-electron chi connectivity index (χ2n) is 5.05. The zero-order valence-electron chi connectivity index (χ0n) is 13.0. The predicted octanol–water partition coefficient (Wildman–Crippen LogP) is 3.88. The molecule has 0 spiro atoms. The summed E-state index contributed by atoms with van der Waals surface area (Å²) in [5.74, 6) is 0.607. The molecule has 3 rings (SSSR count). The van der Waals surface area contributed by atoms with Crippen LogP contribution in [0.1, 0.15) is 0 Å². The van der Waals surface area contributed by atoms with Gasteiger partial charge in [0.2, 0.25) is 0 Å². The summed E-state index contributed by atoms with van der Waals surface area (Å²) < 4.78 is 9.95. The Hall–Kier alpha value is -3.68. The molecule has 0 bridgehead atoms. The van der Waals surface area contributed by atoms with Crippen LogP contribution in [0.5, 0.6) is 11.5 Å². The van der Waals surface area contributed by atoms with E-state index in [1.807, 2.05) is 0 Å². The number of methoxy groups -OCH3 is 1. The molecule has 0 aliphatic rings. The fourth-order valence-corrected chi connectivity index (χ4v) is 2.47. The third-order valence-corrected chi connectivity index (χ3v) is 3.61. The molecular formula is C17H12N2O6. The molecule has 8 nitrogen and oxygen atoms in total. The minimum Gasteiger partial charge on any atom is -0.497 e. The standard InChI is InChI=1S/C17H12N2O6/c1-24-12-6-7-13-14(8-12)15(25-17(20)21)9-18-16(13)10-2-4-11(5-3-10)19(22)23/h2-9H,1H3,(H,20,21). The fraction of sp³-hybridized carbons (Fsp3) is 0.0588. The Bertz CT molecular complexity index is 969. The summed E-state index contributed by atoms with van der Waals surface area (Å²) in [4.78, 5) is 25.4. The normalized spacial score (nSPS) is 10.4. The highest BCUT2D eigenvalue weighted by Gasteiger charge is 2.14.